The van der Waals surface area contributed by atoms with Gasteiger partial charge in [-0.05, 0) is 56.3 Å². The van der Waals surface area contributed by atoms with Gasteiger partial charge in [-0.2, -0.15) is 0 Å². The Bertz CT molecular complexity index is 340. The van der Waals surface area contributed by atoms with Gasteiger partial charge in [-0.15, -0.1) is 0 Å². The van der Waals surface area contributed by atoms with E-state index in [1.165, 1.54) is 38.5 Å². The van der Waals surface area contributed by atoms with Gasteiger partial charge >= 0.3 is 0 Å². The average Bonchev–Trinajstić information content (AvgIpc) is 2.31. The van der Waals surface area contributed by atoms with Crippen molar-refractivity contribution in [1.82, 2.24) is 4.90 Å². The normalized spacial score (nSPS) is 51.9. The third-order valence-electron chi connectivity index (χ3n) is 6.35. The second-order valence-corrected chi connectivity index (χ2v) is 7.71. The molecular weight excluding hydrogens is 222 g/mol. The zero-order valence-electron chi connectivity index (χ0n) is 11.5. The molecular formula is C16H25NO. The summed E-state index contributed by atoms with van der Waals surface area (Å²) in [6.45, 7) is 4.23. The van der Waals surface area contributed by atoms with E-state index < -0.39 is 0 Å². The summed E-state index contributed by atoms with van der Waals surface area (Å²) in [5, 5.41) is 0. The van der Waals surface area contributed by atoms with Crippen molar-refractivity contribution < 1.29 is 4.79 Å². The number of likely N-dealkylation sites (tertiary alicyclic amines) is 1. The van der Waals surface area contributed by atoms with E-state index >= 15 is 0 Å². The summed E-state index contributed by atoms with van der Waals surface area (Å²) in [4.78, 5) is 14.5. The fraction of sp³-hybridized carbons (Fsp3) is 0.938. The van der Waals surface area contributed by atoms with Gasteiger partial charge in [0.2, 0.25) is 0 Å². The van der Waals surface area contributed by atoms with Crippen LogP contribution < -0.4 is 0 Å². The first-order chi connectivity index (χ1) is 8.64. The Kier molecular flexibility index (Phi) is 2.43. The predicted molar refractivity (Wildman–Crippen MR) is 71.3 cm³/mol. The van der Waals surface area contributed by atoms with Crippen molar-refractivity contribution in [2.45, 2.75) is 57.4 Å². The van der Waals surface area contributed by atoms with E-state index in [-0.39, 0.29) is 5.92 Å². The molecule has 5 aliphatic rings. The highest BCUT2D eigenvalue weighted by Crippen LogP contribution is 2.58. The molecule has 18 heavy (non-hydrogen) atoms. The lowest BCUT2D eigenvalue weighted by molar-refractivity contribution is -0.134. The third kappa shape index (κ3) is 1.61. The monoisotopic (exact) mass is 247 g/mol. The van der Waals surface area contributed by atoms with Gasteiger partial charge in [-0.25, -0.2) is 0 Å². The van der Waals surface area contributed by atoms with E-state index in [0.717, 1.165) is 37.3 Å². The number of hydrogen-bond acceptors (Lipinski definition) is 2. The standard InChI is InChI=1S/C16H25NO/c1-11-10-17(3-2-15(11)18)16-7-12-4-13(8-16)6-14(5-12)9-16/h11-14H,2-10H2,1H3. The molecule has 1 heterocycles. The van der Waals surface area contributed by atoms with E-state index in [2.05, 4.69) is 11.8 Å². The molecule has 1 unspecified atom stereocenters. The number of carbonyl (C=O) groups is 1. The maximum absolute atomic E-state index is 11.7. The van der Waals surface area contributed by atoms with Crippen molar-refractivity contribution in [3.8, 4) is 0 Å². The fourth-order valence-electron chi connectivity index (χ4n) is 5.90. The molecule has 1 saturated heterocycles. The Labute approximate surface area is 110 Å². The summed E-state index contributed by atoms with van der Waals surface area (Å²) >= 11 is 0. The molecule has 0 aromatic carbocycles. The predicted octanol–water partition coefficient (Wildman–Crippen LogP) is 2.87. The van der Waals surface area contributed by atoms with Crippen LogP contribution in [0.25, 0.3) is 0 Å². The SMILES string of the molecule is CC1CN(C23CC4CC(CC(C4)C2)C3)CCC1=O. The molecule has 1 atom stereocenters. The minimum absolute atomic E-state index is 0.284. The molecule has 4 saturated carbocycles. The van der Waals surface area contributed by atoms with Crippen molar-refractivity contribution in [3.63, 3.8) is 0 Å². The van der Waals surface area contributed by atoms with Gasteiger partial charge < -0.3 is 0 Å². The highest BCUT2D eigenvalue weighted by Gasteiger charge is 2.54. The van der Waals surface area contributed by atoms with Gasteiger partial charge in [-0.3, -0.25) is 9.69 Å². The minimum Gasteiger partial charge on any atom is -0.299 e. The summed E-state index contributed by atoms with van der Waals surface area (Å²) in [5.41, 5.74) is 0.518. The first-order valence-corrected chi connectivity index (χ1v) is 7.92. The van der Waals surface area contributed by atoms with Crippen LogP contribution in [0.1, 0.15) is 51.9 Å². The van der Waals surface area contributed by atoms with Crippen LogP contribution in [-0.4, -0.2) is 29.3 Å². The fourth-order valence-corrected chi connectivity index (χ4v) is 5.90. The number of nitrogens with zero attached hydrogens (tertiary/aromatic N) is 1. The number of rotatable bonds is 1. The molecule has 0 aromatic heterocycles. The second-order valence-electron chi connectivity index (χ2n) is 7.71. The van der Waals surface area contributed by atoms with Crippen LogP contribution in [0, 0.1) is 23.7 Å². The molecule has 0 aromatic rings. The largest absolute Gasteiger partial charge is 0.299 e. The molecule has 5 rings (SSSR count). The first kappa shape index (κ1) is 11.5. The van der Waals surface area contributed by atoms with Crippen LogP contribution >= 0.6 is 0 Å². The highest BCUT2D eigenvalue weighted by atomic mass is 16.1. The van der Waals surface area contributed by atoms with Crippen LogP contribution in [0.15, 0.2) is 0 Å². The number of hydrogen-bond donors (Lipinski definition) is 0. The lowest BCUT2D eigenvalue weighted by Crippen LogP contribution is -2.62. The van der Waals surface area contributed by atoms with E-state index in [9.17, 15) is 4.79 Å². The smallest absolute Gasteiger partial charge is 0.138 e. The Hall–Kier alpha value is -0.370. The summed E-state index contributed by atoms with van der Waals surface area (Å²) in [7, 11) is 0. The Balaban J connectivity index is 1.58. The summed E-state index contributed by atoms with van der Waals surface area (Å²) in [6.07, 6.45) is 9.69. The van der Waals surface area contributed by atoms with Crippen LogP contribution in [0.4, 0.5) is 0 Å². The zero-order valence-corrected chi connectivity index (χ0v) is 11.5. The maximum atomic E-state index is 11.7. The topological polar surface area (TPSA) is 20.3 Å². The molecule has 1 aliphatic heterocycles. The summed E-state index contributed by atoms with van der Waals surface area (Å²) < 4.78 is 0. The van der Waals surface area contributed by atoms with Crippen LogP contribution in [0.2, 0.25) is 0 Å². The number of ketones is 1. The zero-order chi connectivity index (χ0) is 12.3. The van der Waals surface area contributed by atoms with Gasteiger partial charge in [0.1, 0.15) is 5.78 Å². The molecule has 0 amide bonds. The van der Waals surface area contributed by atoms with Crippen molar-refractivity contribution in [3.05, 3.63) is 0 Å². The van der Waals surface area contributed by atoms with Crippen molar-refractivity contribution >= 4 is 5.78 Å². The molecule has 0 radical (unpaired) electrons. The Morgan fingerprint density at radius 3 is 2.11 bits per heavy atom. The molecule has 0 spiro atoms. The number of Topliss-reactive ketones (excluding diaryl/α,β-unsaturated/α-hetero) is 1. The van der Waals surface area contributed by atoms with E-state index in [1.54, 1.807) is 0 Å². The van der Waals surface area contributed by atoms with Crippen molar-refractivity contribution in [1.29, 1.82) is 0 Å². The van der Waals surface area contributed by atoms with Crippen LogP contribution in [-0.2, 0) is 4.79 Å². The molecule has 2 heteroatoms. The molecule has 5 fully saturated rings. The van der Waals surface area contributed by atoms with Gasteiger partial charge in [0.25, 0.3) is 0 Å². The van der Waals surface area contributed by atoms with Crippen LogP contribution in [0.3, 0.4) is 0 Å². The lowest BCUT2D eigenvalue weighted by atomic mass is 9.52. The third-order valence-corrected chi connectivity index (χ3v) is 6.35. The highest BCUT2D eigenvalue weighted by molar-refractivity contribution is 5.81. The van der Waals surface area contributed by atoms with Gasteiger partial charge in [0.05, 0.1) is 0 Å². The van der Waals surface area contributed by atoms with E-state index in [4.69, 9.17) is 0 Å². The van der Waals surface area contributed by atoms with Crippen molar-refractivity contribution in [2.75, 3.05) is 13.1 Å². The summed E-state index contributed by atoms with van der Waals surface area (Å²) in [5.74, 6) is 3.83. The molecule has 2 nitrogen and oxygen atoms in total. The van der Waals surface area contributed by atoms with Crippen LogP contribution in [0.5, 0.6) is 0 Å². The maximum Gasteiger partial charge on any atom is 0.138 e. The van der Waals surface area contributed by atoms with Gasteiger partial charge in [0.15, 0.2) is 0 Å². The van der Waals surface area contributed by atoms with Gasteiger partial charge in [0, 0.05) is 31.0 Å². The Morgan fingerprint density at radius 1 is 1.06 bits per heavy atom. The second kappa shape index (κ2) is 3.82. The summed E-state index contributed by atoms with van der Waals surface area (Å²) in [6, 6.07) is 0. The quantitative estimate of drug-likeness (QED) is 0.710. The average molecular weight is 247 g/mol. The lowest BCUT2D eigenvalue weighted by Gasteiger charge is -2.61. The van der Waals surface area contributed by atoms with E-state index in [0.29, 0.717) is 11.3 Å². The van der Waals surface area contributed by atoms with E-state index in [1.807, 2.05) is 0 Å². The number of carbonyl (C=O) groups excluding carboxylic acids is 1. The van der Waals surface area contributed by atoms with Crippen molar-refractivity contribution in [2.24, 2.45) is 23.7 Å². The first-order valence-electron chi connectivity index (χ1n) is 7.92. The molecule has 100 valence electrons. The van der Waals surface area contributed by atoms with Gasteiger partial charge in [-0.1, -0.05) is 6.92 Å². The Morgan fingerprint density at radius 2 is 1.61 bits per heavy atom. The number of piperidine rings is 1. The molecule has 0 N–H and O–H groups in total. The minimum atomic E-state index is 0.284. The molecule has 4 bridgehead atoms. The molecule has 4 aliphatic carbocycles.